The van der Waals surface area contributed by atoms with Crippen molar-refractivity contribution in [3.63, 3.8) is 0 Å². The molecule has 1 N–H and O–H groups in total. The normalized spacial score (nSPS) is 14.1. The van der Waals surface area contributed by atoms with Crippen molar-refractivity contribution < 1.29 is 18.0 Å². The molecule has 1 amide bonds. The number of hydrogen-bond acceptors (Lipinski definition) is 3. The molecule has 1 aliphatic rings. The lowest BCUT2D eigenvalue weighted by Crippen LogP contribution is -2.22. The fraction of sp³-hybridized carbons (Fsp3) is 0.381. The second-order valence-corrected chi connectivity index (χ2v) is 8.20. The number of carbonyl (C=O) groups excluding carboxylic acids is 1. The van der Waals surface area contributed by atoms with Crippen LogP contribution in [0.2, 0.25) is 5.02 Å². The third-order valence-corrected chi connectivity index (χ3v) is 5.53. The van der Waals surface area contributed by atoms with Crippen LogP contribution in [-0.2, 0) is 24.1 Å². The van der Waals surface area contributed by atoms with Crippen molar-refractivity contribution in [1.82, 2.24) is 19.6 Å². The second-order valence-electron chi connectivity index (χ2n) is 7.76. The van der Waals surface area contributed by atoms with E-state index in [-0.39, 0.29) is 12.5 Å². The number of hydrogen-bond donors (Lipinski definition) is 1. The number of amides is 1. The summed E-state index contributed by atoms with van der Waals surface area (Å²) in [7, 11) is 0. The van der Waals surface area contributed by atoms with Gasteiger partial charge in [0.25, 0.3) is 0 Å². The molecule has 6 nitrogen and oxygen atoms in total. The minimum Gasteiger partial charge on any atom is -0.321 e. The lowest BCUT2D eigenvalue weighted by atomic mass is 10.2. The summed E-state index contributed by atoms with van der Waals surface area (Å²) in [6.45, 7) is 3.81. The Morgan fingerprint density at radius 3 is 2.45 bits per heavy atom. The summed E-state index contributed by atoms with van der Waals surface area (Å²) in [6, 6.07) is 8.43. The van der Waals surface area contributed by atoms with Gasteiger partial charge in [-0.2, -0.15) is 23.4 Å². The number of nitrogens with zero attached hydrogens (tertiary/aromatic N) is 4. The molecular formula is C21H21ClF3N5O. The molecule has 0 aliphatic heterocycles. The second kappa shape index (κ2) is 8.03. The van der Waals surface area contributed by atoms with Gasteiger partial charge in [-0.1, -0.05) is 23.7 Å². The molecule has 0 saturated heterocycles. The van der Waals surface area contributed by atoms with Gasteiger partial charge in [-0.05, 0) is 50.5 Å². The number of benzene rings is 1. The lowest BCUT2D eigenvalue weighted by molar-refractivity contribution is -0.141. The number of rotatable bonds is 6. The summed E-state index contributed by atoms with van der Waals surface area (Å²) >= 11 is 5.92. The first-order chi connectivity index (χ1) is 14.6. The Morgan fingerprint density at radius 2 is 1.84 bits per heavy atom. The molecule has 0 spiro atoms. The standard InChI is InChI=1S/C21H21ClF3N5O/c1-12-20(13(2)29(27-12)10-14-3-7-16(22)8-4-14)26-19(31)11-30-17(15-5-6-15)9-18(28-30)21(23,24)25/h3-4,7-9,15H,5-6,10-11H2,1-2H3,(H,26,31). The van der Waals surface area contributed by atoms with E-state index in [1.165, 1.54) is 4.68 Å². The number of halogens is 4. The Bertz CT molecular complexity index is 1110. The highest BCUT2D eigenvalue weighted by Crippen LogP contribution is 2.42. The Kier molecular flexibility index (Phi) is 5.55. The van der Waals surface area contributed by atoms with Crippen LogP contribution in [0.5, 0.6) is 0 Å². The smallest absolute Gasteiger partial charge is 0.321 e. The topological polar surface area (TPSA) is 64.7 Å². The molecule has 0 unspecified atom stereocenters. The average Bonchev–Trinajstić information content (AvgIpc) is 3.40. The van der Waals surface area contributed by atoms with Crippen LogP contribution in [0.25, 0.3) is 0 Å². The van der Waals surface area contributed by atoms with Crippen LogP contribution in [0, 0.1) is 13.8 Å². The van der Waals surface area contributed by atoms with Gasteiger partial charge in [0.1, 0.15) is 6.54 Å². The van der Waals surface area contributed by atoms with Crippen molar-refractivity contribution in [3.8, 4) is 0 Å². The van der Waals surface area contributed by atoms with Gasteiger partial charge in [0.15, 0.2) is 5.69 Å². The van der Waals surface area contributed by atoms with E-state index in [0.29, 0.717) is 28.6 Å². The number of anilines is 1. The Hall–Kier alpha value is -2.81. The van der Waals surface area contributed by atoms with Crippen molar-refractivity contribution in [2.75, 3.05) is 5.32 Å². The van der Waals surface area contributed by atoms with E-state index >= 15 is 0 Å². The van der Waals surface area contributed by atoms with Crippen LogP contribution in [0.4, 0.5) is 18.9 Å². The molecule has 2 heterocycles. The van der Waals surface area contributed by atoms with Crippen LogP contribution in [0.15, 0.2) is 30.3 Å². The molecule has 0 radical (unpaired) electrons. The van der Waals surface area contributed by atoms with Gasteiger partial charge in [0, 0.05) is 16.6 Å². The molecule has 31 heavy (non-hydrogen) atoms. The van der Waals surface area contributed by atoms with Crippen molar-refractivity contribution in [1.29, 1.82) is 0 Å². The highest BCUT2D eigenvalue weighted by Gasteiger charge is 2.38. The maximum Gasteiger partial charge on any atom is 0.435 e. The van der Waals surface area contributed by atoms with Gasteiger partial charge in [-0.3, -0.25) is 14.2 Å². The third kappa shape index (κ3) is 4.76. The number of carbonyl (C=O) groups is 1. The van der Waals surface area contributed by atoms with E-state index in [1.54, 1.807) is 23.7 Å². The van der Waals surface area contributed by atoms with Crippen molar-refractivity contribution in [3.05, 3.63) is 63.7 Å². The van der Waals surface area contributed by atoms with E-state index in [1.807, 2.05) is 19.1 Å². The van der Waals surface area contributed by atoms with Gasteiger partial charge >= 0.3 is 6.18 Å². The first-order valence-electron chi connectivity index (χ1n) is 9.85. The third-order valence-electron chi connectivity index (χ3n) is 5.28. The minimum atomic E-state index is -4.54. The summed E-state index contributed by atoms with van der Waals surface area (Å²) in [5.74, 6) is -0.419. The van der Waals surface area contributed by atoms with Crippen LogP contribution >= 0.6 is 11.6 Å². The molecule has 3 aromatic rings. The molecule has 164 valence electrons. The van der Waals surface area contributed by atoms with Gasteiger partial charge in [0.05, 0.1) is 23.6 Å². The predicted octanol–water partition coefficient (Wildman–Crippen LogP) is 4.93. The van der Waals surface area contributed by atoms with Crippen molar-refractivity contribution >= 4 is 23.2 Å². The zero-order valence-corrected chi connectivity index (χ0v) is 17.8. The molecule has 10 heteroatoms. The number of nitrogens with one attached hydrogen (secondary N) is 1. The molecule has 4 rings (SSSR count). The van der Waals surface area contributed by atoms with E-state index in [9.17, 15) is 18.0 Å². The maximum absolute atomic E-state index is 13.1. The molecular weight excluding hydrogens is 431 g/mol. The zero-order chi connectivity index (χ0) is 22.3. The first kappa shape index (κ1) is 21.4. The quantitative estimate of drug-likeness (QED) is 0.577. The number of alkyl halides is 3. The Labute approximate surface area is 182 Å². The van der Waals surface area contributed by atoms with Crippen molar-refractivity contribution in [2.24, 2.45) is 0 Å². The van der Waals surface area contributed by atoms with Gasteiger partial charge < -0.3 is 5.32 Å². The SMILES string of the molecule is Cc1nn(Cc2ccc(Cl)cc2)c(C)c1NC(=O)Cn1nc(C(F)(F)F)cc1C1CC1. The highest BCUT2D eigenvalue weighted by molar-refractivity contribution is 6.30. The molecule has 1 fully saturated rings. The molecule has 2 aromatic heterocycles. The van der Waals surface area contributed by atoms with Gasteiger partial charge in [-0.15, -0.1) is 0 Å². The van der Waals surface area contributed by atoms with Gasteiger partial charge in [0.2, 0.25) is 5.91 Å². The maximum atomic E-state index is 13.1. The zero-order valence-electron chi connectivity index (χ0n) is 17.0. The van der Waals surface area contributed by atoms with E-state index in [4.69, 9.17) is 11.6 Å². The highest BCUT2D eigenvalue weighted by atomic mass is 35.5. The predicted molar refractivity (Wildman–Crippen MR) is 110 cm³/mol. The minimum absolute atomic E-state index is 0.0296. The molecule has 1 aromatic carbocycles. The van der Waals surface area contributed by atoms with Crippen LogP contribution in [0.1, 0.15) is 47.1 Å². The lowest BCUT2D eigenvalue weighted by Gasteiger charge is -2.09. The Morgan fingerprint density at radius 1 is 1.16 bits per heavy atom. The number of aryl methyl sites for hydroxylation is 1. The fourth-order valence-electron chi connectivity index (χ4n) is 3.51. The van der Waals surface area contributed by atoms with Crippen molar-refractivity contribution in [2.45, 2.75) is 51.9 Å². The van der Waals surface area contributed by atoms with E-state index in [0.717, 1.165) is 30.2 Å². The van der Waals surface area contributed by atoms with Gasteiger partial charge in [-0.25, -0.2) is 0 Å². The van der Waals surface area contributed by atoms with Crippen LogP contribution < -0.4 is 5.32 Å². The first-order valence-corrected chi connectivity index (χ1v) is 10.2. The molecule has 0 bridgehead atoms. The summed E-state index contributed by atoms with van der Waals surface area (Å²) in [5.41, 5.74) is 2.41. The van der Waals surface area contributed by atoms with Crippen LogP contribution in [0.3, 0.4) is 0 Å². The fourth-order valence-corrected chi connectivity index (χ4v) is 3.64. The molecule has 1 saturated carbocycles. The monoisotopic (exact) mass is 451 g/mol. The summed E-state index contributed by atoms with van der Waals surface area (Å²) in [4.78, 5) is 12.6. The van der Waals surface area contributed by atoms with E-state index < -0.39 is 17.8 Å². The average molecular weight is 452 g/mol. The van der Waals surface area contributed by atoms with Crippen LogP contribution in [-0.4, -0.2) is 25.5 Å². The van der Waals surface area contributed by atoms with E-state index in [2.05, 4.69) is 15.5 Å². The number of aromatic nitrogens is 4. The molecule has 0 atom stereocenters. The largest absolute Gasteiger partial charge is 0.435 e. The molecule has 1 aliphatic carbocycles. The Balaban J connectivity index is 1.50. The summed E-state index contributed by atoms with van der Waals surface area (Å²) < 4.78 is 42.1. The summed E-state index contributed by atoms with van der Waals surface area (Å²) in [6.07, 6.45) is -2.93. The summed E-state index contributed by atoms with van der Waals surface area (Å²) in [5, 5.41) is 11.5.